The second-order valence-electron chi connectivity index (χ2n) is 3.95. The summed E-state index contributed by atoms with van der Waals surface area (Å²) in [5, 5.41) is 8.38. The standard InChI is InChI=1S/C13H13N5/c1-2-5-12-11(4-1)10-15-13(17-12)14-7-9-18-8-3-6-16-18/h1-6,8,10H,7,9H2,(H,14,15,17). The molecule has 18 heavy (non-hydrogen) atoms. The topological polar surface area (TPSA) is 55.6 Å². The van der Waals surface area contributed by atoms with Gasteiger partial charge >= 0.3 is 0 Å². The molecule has 0 spiro atoms. The Labute approximate surface area is 104 Å². The summed E-state index contributed by atoms with van der Waals surface area (Å²) in [5.74, 6) is 0.654. The molecule has 0 saturated carbocycles. The Bertz CT molecular complexity index is 633. The number of aromatic nitrogens is 4. The van der Waals surface area contributed by atoms with Gasteiger partial charge in [0.15, 0.2) is 0 Å². The summed E-state index contributed by atoms with van der Waals surface area (Å²) in [6.07, 6.45) is 5.54. The van der Waals surface area contributed by atoms with Crippen LogP contribution in [0.2, 0.25) is 0 Å². The van der Waals surface area contributed by atoms with E-state index in [1.54, 1.807) is 6.20 Å². The molecule has 0 saturated heterocycles. The van der Waals surface area contributed by atoms with Crippen LogP contribution < -0.4 is 5.32 Å². The molecule has 1 aromatic carbocycles. The minimum atomic E-state index is 0.654. The van der Waals surface area contributed by atoms with Crippen molar-refractivity contribution < 1.29 is 0 Å². The van der Waals surface area contributed by atoms with Crippen LogP contribution in [0.5, 0.6) is 0 Å². The highest BCUT2D eigenvalue weighted by atomic mass is 15.3. The Hall–Kier alpha value is -2.43. The van der Waals surface area contributed by atoms with Crippen molar-refractivity contribution >= 4 is 16.9 Å². The SMILES string of the molecule is c1ccc2nc(NCCn3cccn3)ncc2c1. The van der Waals surface area contributed by atoms with Crippen LogP contribution >= 0.6 is 0 Å². The summed E-state index contributed by atoms with van der Waals surface area (Å²) in [6.45, 7) is 1.54. The molecule has 2 heterocycles. The molecule has 2 aromatic heterocycles. The van der Waals surface area contributed by atoms with Gasteiger partial charge in [-0.1, -0.05) is 18.2 Å². The predicted molar refractivity (Wildman–Crippen MR) is 70.3 cm³/mol. The van der Waals surface area contributed by atoms with Crippen LogP contribution in [-0.4, -0.2) is 26.3 Å². The van der Waals surface area contributed by atoms with E-state index in [0.717, 1.165) is 24.0 Å². The van der Waals surface area contributed by atoms with Gasteiger partial charge in [0.1, 0.15) is 0 Å². The zero-order valence-corrected chi connectivity index (χ0v) is 9.82. The van der Waals surface area contributed by atoms with Crippen molar-refractivity contribution in [2.75, 3.05) is 11.9 Å². The Balaban J connectivity index is 1.67. The highest BCUT2D eigenvalue weighted by Gasteiger charge is 1.98. The van der Waals surface area contributed by atoms with E-state index in [1.165, 1.54) is 0 Å². The van der Waals surface area contributed by atoms with Crippen molar-refractivity contribution in [3.63, 3.8) is 0 Å². The average molecular weight is 239 g/mol. The van der Waals surface area contributed by atoms with Gasteiger partial charge in [0.25, 0.3) is 0 Å². The van der Waals surface area contributed by atoms with E-state index in [9.17, 15) is 0 Å². The molecule has 0 atom stereocenters. The molecule has 0 bridgehead atoms. The first-order chi connectivity index (χ1) is 8.92. The molecule has 5 heteroatoms. The quantitative estimate of drug-likeness (QED) is 0.756. The zero-order chi connectivity index (χ0) is 12.2. The van der Waals surface area contributed by atoms with E-state index in [4.69, 9.17) is 0 Å². The number of nitrogens with zero attached hydrogens (tertiary/aromatic N) is 4. The fourth-order valence-corrected chi connectivity index (χ4v) is 1.77. The van der Waals surface area contributed by atoms with E-state index < -0.39 is 0 Å². The lowest BCUT2D eigenvalue weighted by Gasteiger charge is -2.05. The van der Waals surface area contributed by atoms with Gasteiger partial charge in [0.05, 0.1) is 12.1 Å². The number of para-hydroxylation sites is 1. The number of benzene rings is 1. The van der Waals surface area contributed by atoms with Crippen LogP contribution in [0.3, 0.4) is 0 Å². The van der Waals surface area contributed by atoms with Gasteiger partial charge in [-0.25, -0.2) is 9.97 Å². The molecule has 3 aromatic rings. The Morgan fingerprint density at radius 1 is 1.17 bits per heavy atom. The summed E-state index contributed by atoms with van der Waals surface area (Å²) < 4.78 is 1.87. The van der Waals surface area contributed by atoms with Crippen molar-refractivity contribution in [1.29, 1.82) is 0 Å². The zero-order valence-electron chi connectivity index (χ0n) is 9.82. The lowest BCUT2D eigenvalue weighted by molar-refractivity contribution is 0.636. The first kappa shape index (κ1) is 10.7. The number of hydrogen-bond donors (Lipinski definition) is 1. The molecule has 0 aliphatic heterocycles. The average Bonchev–Trinajstić information content (AvgIpc) is 2.92. The summed E-state index contributed by atoms with van der Waals surface area (Å²) in [4.78, 5) is 8.72. The fourth-order valence-electron chi connectivity index (χ4n) is 1.77. The summed E-state index contributed by atoms with van der Waals surface area (Å²) >= 11 is 0. The fraction of sp³-hybridized carbons (Fsp3) is 0.154. The van der Waals surface area contributed by atoms with Crippen molar-refractivity contribution in [1.82, 2.24) is 19.7 Å². The Morgan fingerprint density at radius 2 is 2.11 bits per heavy atom. The second-order valence-corrected chi connectivity index (χ2v) is 3.95. The van der Waals surface area contributed by atoms with Crippen LogP contribution in [0.15, 0.2) is 48.9 Å². The Morgan fingerprint density at radius 3 is 3.00 bits per heavy atom. The number of rotatable bonds is 4. The summed E-state index contributed by atoms with van der Waals surface area (Å²) in [6, 6.07) is 9.85. The third-order valence-electron chi connectivity index (χ3n) is 2.67. The highest BCUT2D eigenvalue weighted by molar-refractivity contribution is 5.78. The lowest BCUT2D eigenvalue weighted by Crippen LogP contribution is -2.12. The van der Waals surface area contributed by atoms with E-state index in [1.807, 2.05) is 47.4 Å². The van der Waals surface area contributed by atoms with E-state index in [2.05, 4.69) is 20.4 Å². The van der Waals surface area contributed by atoms with Gasteiger partial charge in [0, 0.05) is 30.5 Å². The van der Waals surface area contributed by atoms with E-state index in [-0.39, 0.29) is 0 Å². The minimum Gasteiger partial charge on any atom is -0.352 e. The first-order valence-electron chi connectivity index (χ1n) is 5.85. The number of hydrogen-bond acceptors (Lipinski definition) is 4. The van der Waals surface area contributed by atoms with Crippen molar-refractivity contribution in [3.8, 4) is 0 Å². The van der Waals surface area contributed by atoms with Crippen LogP contribution in [0.4, 0.5) is 5.95 Å². The van der Waals surface area contributed by atoms with Gasteiger partial charge in [-0.2, -0.15) is 5.10 Å². The van der Waals surface area contributed by atoms with E-state index in [0.29, 0.717) is 5.95 Å². The molecule has 0 aliphatic carbocycles. The van der Waals surface area contributed by atoms with Gasteiger partial charge < -0.3 is 5.32 Å². The Kier molecular flexibility index (Phi) is 2.87. The maximum atomic E-state index is 4.44. The molecule has 90 valence electrons. The van der Waals surface area contributed by atoms with Crippen LogP contribution in [0, 0.1) is 0 Å². The number of fused-ring (bicyclic) bond motifs is 1. The molecular formula is C13H13N5. The monoisotopic (exact) mass is 239 g/mol. The molecule has 0 radical (unpaired) electrons. The maximum Gasteiger partial charge on any atom is 0.223 e. The molecular weight excluding hydrogens is 226 g/mol. The minimum absolute atomic E-state index is 0.654. The predicted octanol–water partition coefficient (Wildman–Crippen LogP) is 1.94. The van der Waals surface area contributed by atoms with Crippen molar-refractivity contribution in [2.45, 2.75) is 6.54 Å². The van der Waals surface area contributed by atoms with Gasteiger partial charge in [-0.3, -0.25) is 4.68 Å². The van der Waals surface area contributed by atoms with Crippen molar-refractivity contribution in [3.05, 3.63) is 48.9 Å². The van der Waals surface area contributed by atoms with Gasteiger partial charge in [0.2, 0.25) is 5.95 Å². The molecule has 1 N–H and O–H groups in total. The summed E-state index contributed by atoms with van der Waals surface area (Å²) in [7, 11) is 0. The smallest absolute Gasteiger partial charge is 0.223 e. The van der Waals surface area contributed by atoms with Gasteiger partial charge in [-0.05, 0) is 12.1 Å². The molecule has 5 nitrogen and oxygen atoms in total. The number of anilines is 1. The third kappa shape index (κ3) is 2.29. The summed E-state index contributed by atoms with van der Waals surface area (Å²) in [5.41, 5.74) is 0.953. The number of nitrogens with one attached hydrogen (secondary N) is 1. The van der Waals surface area contributed by atoms with Crippen molar-refractivity contribution in [2.24, 2.45) is 0 Å². The normalized spacial score (nSPS) is 10.7. The van der Waals surface area contributed by atoms with Crippen LogP contribution in [0.1, 0.15) is 0 Å². The van der Waals surface area contributed by atoms with E-state index >= 15 is 0 Å². The second kappa shape index (κ2) is 4.83. The molecule has 3 rings (SSSR count). The first-order valence-corrected chi connectivity index (χ1v) is 5.85. The maximum absolute atomic E-state index is 4.44. The van der Waals surface area contributed by atoms with Gasteiger partial charge in [-0.15, -0.1) is 0 Å². The van der Waals surface area contributed by atoms with Crippen LogP contribution in [0.25, 0.3) is 10.9 Å². The molecule has 0 unspecified atom stereocenters. The van der Waals surface area contributed by atoms with Crippen LogP contribution in [-0.2, 0) is 6.54 Å². The third-order valence-corrected chi connectivity index (χ3v) is 2.67. The lowest BCUT2D eigenvalue weighted by atomic mass is 10.2. The largest absolute Gasteiger partial charge is 0.352 e. The molecule has 0 fully saturated rings. The molecule has 0 amide bonds. The highest BCUT2D eigenvalue weighted by Crippen LogP contribution is 2.11. The molecule has 0 aliphatic rings.